The highest BCUT2D eigenvalue weighted by atomic mass is 16.5. The summed E-state index contributed by atoms with van der Waals surface area (Å²) in [7, 11) is 0. The zero-order valence-electron chi connectivity index (χ0n) is 15.8. The summed E-state index contributed by atoms with van der Waals surface area (Å²) in [5.41, 5.74) is 3.42. The number of carbonyl (C=O) groups excluding carboxylic acids is 1. The number of hydrogen-bond donors (Lipinski definition) is 0. The molecule has 1 fully saturated rings. The van der Waals surface area contributed by atoms with Gasteiger partial charge in [-0.25, -0.2) is 0 Å². The monoisotopic (exact) mass is 372 g/mol. The number of aromatic nitrogens is 1. The second kappa shape index (κ2) is 8.70. The van der Waals surface area contributed by atoms with Crippen LogP contribution in [0.3, 0.4) is 0 Å². The van der Waals surface area contributed by atoms with Gasteiger partial charge in [-0.2, -0.15) is 0 Å². The van der Waals surface area contributed by atoms with Gasteiger partial charge < -0.3 is 9.64 Å². The van der Waals surface area contributed by atoms with E-state index in [1.165, 1.54) is 11.1 Å². The second-order valence-electron chi connectivity index (χ2n) is 7.12. The minimum atomic E-state index is 0.164. The maximum Gasteiger partial charge on any atom is 0.226 e. The van der Waals surface area contributed by atoms with Crippen LogP contribution in [0.25, 0.3) is 11.1 Å². The highest BCUT2D eigenvalue weighted by Crippen LogP contribution is 2.21. The van der Waals surface area contributed by atoms with Crippen LogP contribution in [0.5, 0.6) is 5.75 Å². The fourth-order valence-electron chi connectivity index (χ4n) is 3.56. The number of likely N-dealkylation sites (tertiary alicyclic amines) is 1. The SMILES string of the molecule is O=C(Cc1ccc(-c2ccccc2)cc1)N1CCC(Oc2ccncc2)CC1. The summed E-state index contributed by atoms with van der Waals surface area (Å²) >= 11 is 0. The molecule has 0 atom stereocenters. The first-order chi connectivity index (χ1) is 13.8. The van der Waals surface area contributed by atoms with Crippen molar-refractivity contribution in [3.63, 3.8) is 0 Å². The van der Waals surface area contributed by atoms with Crippen LogP contribution in [-0.4, -0.2) is 35.0 Å². The Balaban J connectivity index is 1.29. The third kappa shape index (κ3) is 4.58. The third-order valence-electron chi connectivity index (χ3n) is 5.16. The van der Waals surface area contributed by atoms with Crippen molar-refractivity contribution in [3.05, 3.63) is 84.7 Å². The Hall–Kier alpha value is -3.14. The molecule has 0 bridgehead atoms. The molecule has 0 unspecified atom stereocenters. The van der Waals surface area contributed by atoms with Crippen molar-refractivity contribution in [1.82, 2.24) is 9.88 Å². The fourth-order valence-corrected chi connectivity index (χ4v) is 3.56. The smallest absolute Gasteiger partial charge is 0.226 e. The lowest BCUT2D eigenvalue weighted by Gasteiger charge is -2.32. The topological polar surface area (TPSA) is 42.4 Å². The number of pyridine rings is 1. The van der Waals surface area contributed by atoms with E-state index in [0.29, 0.717) is 6.42 Å². The van der Waals surface area contributed by atoms with Gasteiger partial charge in [-0.3, -0.25) is 9.78 Å². The molecular weight excluding hydrogens is 348 g/mol. The van der Waals surface area contributed by atoms with Gasteiger partial charge in [0.15, 0.2) is 0 Å². The quantitative estimate of drug-likeness (QED) is 0.668. The molecule has 1 aliphatic rings. The number of carbonyl (C=O) groups is 1. The largest absolute Gasteiger partial charge is 0.490 e. The number of benzene rings is 2. The van der Waals surface area contributed by atoms with Crippen molar-refractivity contribution in [1.29, 1.82) is 0 Å². The third-order valence-corrected chi connectivity index (χ3v) is 5.16. The molecule has 2 heterocycles. The molecule has 0 N–H and O–H groups in total. The minimum Gasteiger partial charge on any atom is -0.490 e. The fraction of sp³-hybridized carbons (Fsp3) is 0.250. The molecule has 0 saturated carbocycles. The van der Waals surface area contributed by atoms with Crippen LogP contribution >= 0.6 is 0 Å². The Morgan fingerprint density at radius 1 is 0.893 bits per heavy atom. The maximum absolute atomic E-state index is 12.7. The predicted octanol–water partition coefficient (Wildman–Crippen LogP) is 4.36. The van der Waals surface area contributed by atoms with Crippen molar-refractivity contribution < 1.29 is 9.53 Å². The van der Waals surface area contributed by atoms with E-state index in [1.807, 2.05) is 35.2 Å². The van der Waals surface area contributed by atoms with Gasteiger partial charge in [-0.15, -0.1) is 0 Å². The number of rotatable bonds is 5. The lowest BCUT2D eigenvalue weighted by molar-refractivity contribution is -0.132. The number of nitrogens with zero attached hydrogens (tertiary/aromatic N) is 2. The highest BCUT2D eigenvalue weighted by molar-refractivity contribution is 5.79. The molecule has 2 aromatic carbocycles. The van der Waals surface area contributed by atoms with Crippen LogP contribution in [-0.2, 0) is 11.2 Å². The predicted molar refractivity (Wildman–Crippen MR) is 110 cm³/mol. The molecule has 3 aromatic rings. The first-order valence-electron chi connectivity index (χ1n) is 9.77. The van der Waals surface area contributed by atoms with Crippen molar-refractivity contribution in [2.45, 2.75) is 25.4 Å². The van der Waals surface area contributed by atoms with Crippen LogP contribution < -0.4 is 4.74 Å². The molecule has 0 spiro atoms. The number of amides is 1. The minimum absolute atomic E-state index is 0.164. The van der Waals surface area contributed by atoms with Crippen molar-refractivity contribution in [2.75, 3.05) is 13.1 Å². The van der Waals surface area contributed by atoms with Gasteiger partial charge in [-0.05, 0) is 28.8 Å². The lowest BCUT2D eigenvalue weighted by atomic mass is 10.0. The van der Waals surface area contributed by atoms with E-state index < -0.39 is 0 Å². The zero-order chi connectivity index (χ0) is 19.2. The number of piperidine rings is 1. The summed E-state index contributed by atoms with van der Waals surface area (Å²) in [6.07, 6.45) is 5.80. The molecule has 0 aliphatic carbocycles. The number of ether oxygens (including phenoxy) is 1. The van der Waals surface area contributed by atoms with Crippen LogP contribution in [0.1, 0.15) is 18.4 Å². The highest BCUT2D eigenvalue weighted by Gasteiger charge is 2.23. The molecule has 28 heavy (non-hydrogen) atoms. The van der Waals surface area contributed by atoms with Gasteiger partial charge in [0, 0.05) is 38.3 Å². The molecule has 142 valence electrons. The van der Waals surface area contributed by atoms with Gasteiger partial charge in [0.05, 0.1) is 6.42 Å². The zero-order valence-corrected chi connectivity index (χ0v) is 15.8. The van der Waals surface area contributed by atoms with E-state index in [9.17, 15) is 4.79 Å². The maximum atomic E-state index is 12.7. The van der Waals surface area contributed by atoms with Gasteiger partial charge in [-0.1, -0.05) is 54.6 Å². The molecular formula is C24H24N2O2. The van der Waals surface area contributed by atoms with E-state index in [2.05, 4.69) is 41.4 Å². The molecule has 0 radical (unpaired) electrons. The summed E-state index contributed by atoms with van der Waals surface area (Å²) in [6.45, 7) is 1.49. The van der Waals surface area contributed by atoms with Crippen LogP contribution in [0, 0.1) is 0 Å². The lowest BCUT2D eigenvalue weighted by Crippen LogP contribution is -2.42. The van der Waals surface area contributed by atoms with Crippen LogP contribution in [0.4, 0.5) is 0 Å². The van der Waals surface area contributed by atoms with Crippen molar-refractivity contribution >= 4 is 5.91 Å². The van der Waals surface area contributed by atoms with E-state index >= 15 is 0 Å². The van der Waals surface area contributed by atoms with Crippen LogP contribution in [0.15, 0.2) is 79.1 Å². The van der Waals surface area contributed by atoms with Crippen LogP contribution in [0.2, 0.25) is 0 Å². The summed E-state index contributed by atoms with van der Waals surface area (Å²) in [5.74, 6) is 1.04. The summed E-state index contributed by atoms with van der Waals surface area (Å²) in [5, 5.41) is 0. The van der Waals surface area contributed by atoms with Gasteiger partial charge >= 0.3 is 0 Å². The summed E-state index contributed by atoms with van der Waals surface area (Å²) in [6, 6.07) is 22.3. The van der Waals surface area contributed by atoms with Gasteiger partial charge in [0.25, 0.3) is 0 Å². The Kier molecular flexibility index (Phi) is 5.66. The van der Waals surface area contributed by atoms with E-state index in [0.717, 1.165) is 37.2 Å². The molecule has 4 heteroatoms. The molecule has 4 rings (SSSR count). The van der Waals surface area contributed by atoms with Gasteiger partial charge in [0.2, 0.25) is 5.91 Å². The number of hydrogen-bond acceptors (Lipinski definition) is 3. The van der Waals surface area contributed by atoms with Gasteiger partial charge in [0.1, 0.15) is 11.9 Å². The molecule has 1 aliphatic heterocycles. The summed E-state index contributed by atoms with van der Waals surface area (Å²) < 4.78 is 5.98. The van der Waals surface area contributed by atoms with E-state index in [4.69, 9.17) is 4.74 Å². The van der Waals surface area contributed by atoms with E-state index in [-0.39, 0.29) is 12.0 Å². The molecule has 1 amide bonds. The Morgan fingerprint density at radius 2 is 1.54 bits per heavy atom. The Bertz CT molecular complexity index is 887. The average Bonchev–Trinajstić information content (AvgIpc) is 2.76. The molecule has 4 nitrogen and oxygen atoms in total. The molecule has 1 aromatic heterocycles. The first kappa shape index (κ1) is 18.2. The average molecular weight is 372 g/mol. The second-order valence-corrected chi connectivity index (χ2v) is 7.12. The first-order valence-corrected chi connectivity index (χ1v) is 9.77. The van der Waals surface area contributed by atoms with Crippen molar-refractivity contribution in [3.8, 4) is 16.9 Å². The molecule has 1 saturated heterocycles. The summed E-state index contributed by atoms with van der Waals surface area (Å²) in [4.78, 5) is 18.6. The van der Waals surface area contributed by atoms with Crippen molar-refractivity contribution in [2.24, 2.45) is 0 Å². The Labute approximate surface area is 165 Å². The Morgan fingerprint density at radius 3 is 2.21 bits per heavy atom. The van der Waals surface area contributed by atoms with E-state index in [1.54, 1.807) is 12.4 Å². The standard InChI is InChI=1S/C24H24N2O2/c27-24(18-19-6-8-21(9-7-19)20-4-2-1-3-5-20)26-16-12-23(13-17-26)28-22-10-14-25-15-11-22/h1-11,14-15,23H,12-13,16-18H2. The normalized spacial score (nSPS) is 14.6.